The molecular weight excluding hydrogens is 1130 g/mol. The number of nitrogen functional groups attached to an aromatic ring is 1. The van der Waals surface area contributed by atoms with Crippen molar-refractivity contribution < 1.29 is 39.4 Å². The average molecular weight is 1220 g/mol. The SMILES string of the molecule is C.C.C.C.C=C[C@]1(CC)O[C@@H](n2ccc(=O)[nH]c2=O)[C@H](Cl)[C@@H]1C.CCC1(CC)O[C@@H](n2ccc(=O)[nH]c2=O)[C@H](Cl)[C@@H]1C.CC[C@]1(CO)O[C@@H](n2ccc(=O)[nH]c2=O)[C@H](Cl)[C@@H]1O.CC[C@]1(CO)O[C@@H](n2ccc(N)nc2=O)[C@H](Cl)[C@@H]1O. The monoisotopic (exact) mass is 1210 g/mol. The number of H-pyrrole nitrogens is 3. The van der Waals surface area contributed by atoms with E-state index in [1.165, 1.54) is 52.1 Å². The Balaban J connectivity index is 0.000000525. The number of ether oxygens (including phenoxy) is 4. The highest BCUT2D eigenvalue weighted by atomic mass is 35.5. The number of nitrogens with one attached hydrogen (secondary N) is 3. The molecule has 4 aliphatic heterocycles. The minimum absolute atomic E-state index is 0. The van der Waals surface area contributed by atoms with Crippen molar-refractivity contribution in [3.63, 3.8) is 0 Å². The molecule has 0 unspecified atom stereocenters. The normalized spacial score (nSPS) is 31.6. The molecular formula is C52H83Cl4N9O15. The van der Waals surface area contributed by atoms with Gasteiger partial charge in [-0.05, 0) is 38.2 Å². The molecule has 28 heteroatoms. The fraction of sp³-hybridized carbons (Fsp3) is 0.654. The molecule has 4 aliphatic rings. The Morgan fingerprint density at radius 1 is 0.550 bits per heavy atom. The highest BCUT2D eigenvalue weighted by molar-refractivity contribution is 6.22. The van der Waals surface area contributed by atoms with Crippen molar-refractivity contribution >= 4 is 52.2 Å². The van der Waals surface area contributed by atoms with Crippen LogP contribution in [0, 0.1) is 11.8 Å². The number of nitrogens with two attached hydrogens (primary N) is 1. The van der Waals surface area contributed by atoms with E-state index >= 15 is 0 Å². The molecule has 4 fully saturated rings. The van der Waals surface area contributed by atoms with Crippen LogP contribution in [0.1, 0.15) is 135 Å². The third-order valence-corrected chi connectivity index (χ3v) is 17.2. The molecule has 80 heavy (non-hydrogen) atoms. The molecule has 4 aromatic heterocycles. The van der Waals surface area contributed by atoms with Gasteiger partial charge in [0.05, 0.1) is 35.2 Å². The van der Waals surface area contributed by atoms with Crippen LogP contribution in [0.4, 0.5) is 5.82 Å². The summed E-state index contributed by atoms with van der Waals surface area (Å²) < 4.78 is 28.2. The number of anilines is 1. The van der Waals surface area contributed by atoms with Crippen LogP contribution in [-0.2, 0) is 18.9 Å². The maximum absolute atomic E-state index is 11.8. The highest BCUT2D eigenvalue weighted by Crippen LogP contribution is 2.48. The van der Waals surface area contributed by atoms with Crippen molar-refractivity contribution in [3.8, 4) is 0 Å². The molecule has 24 nitrogen and oxygen atoms in total. The first-order valence-corrected chi connectivity index (χ1v) is 26.3. The smallest absolute Gasteiger partial charge is 0.351 e. The van der Waals surface area contributed by atoms with Gasteiger partial charge in [0.15, 0.2) is 24.9 Å². The van der Waals surface area contributed by atoms with Gasteiger partial charge in [-0.2, -0.15) is 4.98 Å². The van der Waals surface area contributed by atoms with Crippen molar-refractivity contribution in [1.29, 1.82) is 0 Å². The van der Waals surface area contributed by atoms with E-state index in [2.05, 4.69) is 40.4 Å². The first-order valence-electron chi connectivity index (χ1n) is 24.6. The standard InChI is InChI=1S/C13H19ClN2O3.C13H17ClN2O3.C11H16ClN3O4.C11H15ClN2O5.4CH4/c2*1-4-13(5-2)8(3)10(14)11(19-13)16-7-6-9(17)15-12(16)18;1-2-11(5-16)8(17)7(12)9(19-11)15-4-3-6(13)14-10(15)18;1-2-11(5-15)8(17)7(12)9(19-11)14-4-3-6(16)13-10(14)18;;;;/h6-8,10-11H,4-5H2,1-3H3,(H,15,17,18);4,6-8,10-11H,1,5H2,2-3H3,(H,15,17,18);3-4,7-9,16-17H,2,5H2,1H3,(H2,13,14,18);3-4,7-9,15,17H,2,5H2,1H3,(H,13,16,18);4*1H4/t8-,10+,11+;8-,10+,11+,13+;2*7-,8+,9-,11-;;;;/m0011..../s1. The van der Waals surface area contributed by atoms with Crippen LogP contribution in [0.5, 0.6) is 0 Å². The van der Waals surface area contributed by atoms with Crippen molar-refractivity contribution in [2.75, 3.05) is 18.9 Å². The molecule has 4 saturated heterocycles. The molecule has 0 spiro atoms. The van der Waals surface area contributed by atoms with Crippen LogP contribution in [0.3, 0.4) is 0 Å². The molecule has 0 aliphatic carbocycles. The summed E-state index contributed by atoms with van der Waals surface area (Å²) >= 11 is 25.0. The number of rotatable bonds is 12. The molecule has 454 valence electrons. The lowest BCUT2D eigenvalue weighted by Crippen LogP contribution is -2.44. The number of aliphatic hydroxyl groups excluding tert-OH is 4. The summed E-state index contributed by atoms with van der Waals surface area (Å²) in [5.74, 6) is 0.239. The average Bonchev–Trinajstić information content (AvgIpc) is 4.01. The summed E-state index contributed by atoms with van der Waals surface area (Å²) in [6.07, 6.45) is 5.12. The quantitative estimate of drug-likeness (QED) is 0.0704. The van der Waals surface area contributed by atoms with Gasteiger partial charge in [-0.15, -0.1) is 53.0 Å². The third-order valence-electron chi connectivity index (χ3n) is 15.1. The lowest BCUT2D eigenvalue weighted by atomic mass is 9.84. The van der Waals surface area contributed by atoms with Crippen molar-refractivity contribution in [3.05, 3.63) is 135 Å². The van der Waals surface area contributed by atoms with Crippen LogP contribution >= 0.6 is 46.4 Å². The second kappa shape index (κ2) is 30.0. The number of aliphatic hydroxyl groups is 4. The number of aromatic nitrogens is 8. The van der Waals surface area contributed by atoms with E-state index < -0.39 is 111 Å². The lowest BCUT2D eigenvalue weighted by molar-refractivity contribution is -0.130. The van der Waals surface area contributed by atoms with Crippen LogP contribution < -0.4 is 45.2 Å². The minimum Gasteiger partial charge on any atom is -0.393 e. The second-order valence-electron chi connectivity index (χ2n) is 18.8. The van der Waals surface area contributed by atoms with Crippen LogP contribution in [0.15, 0.2) is 95.3 Å². The van der Waals surface area contributed by atoms with Crippen molar-refractivity contribution in [2.24, 2.45) is 11.8 Å². The van der Waals surface area contributed by atoms with E-state index in [-0.39, 0.29) is 70.3 Å². The predicted octanol–water partition coefficient (Wildman–Crippen LogP) is 4.69. The molecule has 15 atom stereocenters. The van der Waals surface area contributed by atoms with Gasteiger partial charge in [-0.1, -0.05) is 84.2 Å². The zero-order valence-electron chi connectivity index (χ0n) is 42.9. The van der Waals surface area contributed by atoms with Gasteiger partial charge >= 0.3 is 22.8 Å². The maximum atomic E-state index is 11.8. The summed E-state index contributed by atoms with van der Waals surface area (Å²) in [4.78, 5) is 90.4. The number of hydrogen-bond donors (Lipinski definition) is 8. The number of halogens is 4. The number of alkyl halides is 4. The molecule has 0 radical (unpaired) electrons. The number of nitrogens with zero attached hydrogens (tertiary/aromatic N) is 5. The summed E-state index contributed by atoms with van der Waals surface area (Å²) in [6.45, 7) is 16.6. The fourth-order valence-electron chi connectivity index (χ4n) is 9.76. The molecule has 0 bridgehead atoms. The molecule has 0 amide bonds. The lowest BCUT2D eigenvalue weighted by Gasteiger charge is -2.30. The van der Waals surface area contributed by atoms with Gasteiger partial charge in [0.1, 0.15) is 40.0 Å². The molecule has 8 heterocycles. The summed E-state index contributed by atoms with van der Waals surface area (Å²) in [7, 11) is 0. The Morgan fingerprint density at radius 3 is 1.16 bits per heavy atom. The third kappa shape index (κ3) is 14.4. The second-order valence-corrected chi connectivity index (χ2v) is 20.8. The molecule has 0 aromatic carbocycles. The number of aromatic amines is 3. The summed E-state index contributed by atoms with van der Waals surface area (Å²) in [5, 5.41) is 36.6. The molecule has 4 aromatic rings. The Bertz CT molecular complexity index is 2940. The molecule has 0 saturated carbocycles. The van der Waals surface area contributed by atoms with Crippen molar-refractivity contribution in [2.45, 2.75) is 191 Å². The van der Waals surface area contributed by atoms with E-state index in [1.54, 1.807) is 19.9 Å². The Morgan fingerprint density at radius 2 is 0.875 bits per heavy atom. The first-order chi connectivity index (χ1) is 35.8. The van der Waals surface area contributed by atoms with E-state index in [4.69, 9.17) is 71.1 Å². The van der Waals surface area contributed by atoms with Crippen LogP contribution in [-0.4, -0.2) is 128 Å². The van der Waals surface area contributed by atoms with E-state index in [0.717, 1.165) is 34.5 Å². The Labute approximate surface area is 484 Å². The summed E-state index contributed by atoms with van der Waals surface area (Å²) in [6, 6.07) is 5.17. The van der Waals surface area contributed by atoms with E-state index in [0.29, 0.717) is 12.8 Å². The minimum atomic E-state index is -1.20. The first kappa shape index (κ1) is 73.3. The Hall–Kier alpha value is -4.70. The van der Waals surface area contributed by atoms with Gasteiger partial charge in [0.2, 0.25) is 0 Å². The van der Waals surface area contributed by atoms with Gasteiger partial charge < -0.3 is 45.1 Å². The van der Waals surface area contributed by atoms with Gasteiger partial charge in [0, 0.05) is 54.8 Å². The predicted molar refractivity (Wildman–Crippen MR) is 310 cm³/mol. The fourth-order valence-corrected chi connectivity index (χ4v) is 11.4. The van der Waals surface area contributed by atoms with Gasteiger partial charge in [0.25, 0.3) is 16.7 Å². The Kier molecular flexibility index (Phi) is 27.5. The molecule has 9 N–H and O–H groups in total. The zero-order chi connectivity index (χ0) is 56.8. The number of hydrogen-bond acceptors (Lipinski definition) is 17. The largest absolute Gasteiger partial charge is 0.393 e. The zero-order valence-corrected chi connectivity index (χ0v) is 45.9. The summed E-state index contributed by atoms with van der Waals surface area (Å²) in [5.41, 5.74) is -1.53. The van der Waals surface area contributed by atoms with Gasteiger partial charge in [-0.25, -0.2) is 19.2 Å². The van der Waals surface area contributed by atoms with E-state index in [9.17, 15) is 54.0 Å². The van der Waals surface area contributed by atoms with Crippen LogP contribution in [0.25, 0.3) is 0 Å². The van der Waals surface area contributed by atoms with E-state index in [1.807, 2.05) is 20.8 Å². The van der Waals surface area contributed by atoms with Crippen molar-refractivity contribution in [1.82, 2.24) is 38.2 Å². The molecule has 8 rings (SSSR count). The van der Waals surface area contributed by atoms with Crippen LogP contribution in [0.2, 0.25) is 0 Å². The highest BCUT2D eigenvalue weighted by Gasteiger charge is 2.56. The topological polar surface area (TPSA) is 343 Å². The van der Waals surface area contributed by atoms with Gasteiger partial charge in [-0.3, -0.25) is 47.6 Å². The maximum Gasteiger partial charge on any atom is 0.351 e.